The summed E-state index contributed by atoms with van der Waals surface area (Å²) in [5.74, 6) is 1.13. The smallest absolute Gasteiger partial charge is 0.154 e. The highest BCUT2D eigenvalue weighted by atomic mass is 32.1. The molecule has 1 aromatic heterocycles. The van der Waals surface area contributed by atoms with Gasteiger partial charge in [0, 0.05) is 23.1 Å². The van der Waals surface area contributed by atoms with Gasteiger partial charge in [0.05, 0.1) is 5.92 Å². The summed E-state index contributed by atoms with van der Waals surface area (Å²) in [6.07, 6.45) is 1.35. The summed E-state index contributed by atoms with van der Waals surface area (Å²) < 4.78 is 6.50. The molecule has 4 rings (SSSR count). The molecule has 0 unspecified atom stereocenters. The predicted molar refractivity (Wildman–Crippen MR) is 94.0 cm³/mol. The Morgan fingerprint density at radius 2 is 2.00 bits per heavy atom. The summed E-state index contributed by atoms with van der Waals surface area (Å²) in [5, 5.41) is 4.31. The topological polar surface area (TPSA) is 26.3 Å². The van der Waals surface area contributed by atoms with Crippen LogP contribution in [0, 0.1) is 5.92 Å². The number of fused-ring (bicyclic) bond motifs is 1. The van der Waals surface area contributed by atoms with Crippen LogP contribution in [-0.2, 0) is 10.4 Å². The molecule has 1 saturated carbocycles. The van der Waals surface area contributed by atoms with Gasteiger partial charge >= 0.3 is 0 Å². The predicted octanol–water partition coefficient (Wildman–Crippen LogP) is 5.17. The molecule has 0 saturated heterocycles. The van der Waals surface area contributed by atoms with Crippen molar-refractivity contribution < 1.29 is 9.53 Å². The van der Waals surface area contributed by atoms with E-state index in [2.05, 4.69) is 29.6 Å². The minimum Gasteiger partial charge on any atom is -0.480 e. The molecule has 0 amide bonds. The van der Waals surface area contributed by atoms with E-state index in [-0.39, 0.29) is 5.92 Å². The summed E-state index contributed by atoms with van der Waals surface area (Å²) in [6, 6.07) is 18.4. The third-order valence-electron chi connectivity index (χ3n) is 4.63. The van der Waals surface area contributed by atoms with E-state index in [1.807, 2.05) is 37.3 Å². The number of hydrogen-bond acceptors (Lipinski definition) is 3. The van der Waals surface area contributed by atoms with Crippen LogP contribution in [0.4, 0.5) is 0 Å². The summed E-state index contributed by atoms with van der Waals surface area (Å²) in [4.78, 5) is 13.4. The molecule has 0 N–H and O–H groups in total. The van der Waals surface area contributed by atoms with Crippen molar-refractivity contribution in [3.63, 3.8) is 0 Å². The van der Waals surface area contributed by atoms with E-state index in [1.54, 1.807) is 11.3 Å². The Labute approximate surface area is 139 Å². The van der Waals surface area contributed by atoms with E-state index in [0.29, 0.717) is 12.2 Å². The highest BCUT2D eigenvalue weighted by molar-refractivity contribution is 7.10. The molecule has 3 heteroatoms. The number of hydrogen-bond donors (Lipinski definition) is 0. The molecule has 1 fully saturated rings. The number of benzene rings is 2. The molecular weight excluding hydrogens is 304 g/mol. The maximum atomic E-state index is 12.3. The Kier molecular flexibility index (Phi) is 3.46. The largest absolute Gasteiger partial charge is 0.480 e. The second kappa shape index (κ2) is 5.50. The lowest BCUT2D eigenvalue weighted by atomic mass is 10.1. The summed E-state index contributed by atoms with van der Waals surface area (Å²) in [7, 11) is 0. The summed E-state index contributed by atoms with van der Waals surface area (Å²) >= 11 is 1.67. The van der Waals surface area contributed by atoms with Gasteiger partial charge in [-0.05, 0) is 22.9 Å². The quantitative estimate of drug-likeness (QED) is 0.647. The Hall–Kier alpha value is -2.13. The molecule has 2 atom stereocenters. The van der Waals surface area contributed by atoms with Crippen LogP contribution < -0.4 is 4.74 Å². The zero-order valence-electron chi connectivity index (χ0n) is 13.0. The van der Waals surface area contributed by atoms with Gasteiger partial charge < -0.3 is 4.74 Å². The van der Waals surface area contributed by atoms with Gasteiger partial charge in [-0.15, -0.1) is 11.3 Å². The van der Waals surface area contributed by atoms with Crippen LogP contribution >= 0.6 is 11.3 Å². The average Bonchev–Trinajstić information content (AvgIpc) is 3.05. The minimum absolute atomic E-state index is 0.0230. The molecule has 116 valence electrons. The normalized spacial score (nSPS) is 22.9. The number of ether oxygens (including phenoxy) is 1. The lowest BCUT2D eigenvalue weighted by molar-refractivity contribution is -0.121. The van der Waals surface area contributed by atoms with Gasteiger partial charge in [-0.25, -0.2) is 0 Å². The molecule has 0 radical (unpaired) electrons. The Morgan fingerprint density at radius 3 is 2.78 bits per heavy atom. The zero-order valence-corrected chi connectivity index (χ0v) is 13.8. The van der Waals surface area contributed by atoms with Crippen LogP contribution in [0.5, 0.6) is 5.75 Å². The Morgan fingerprint density at radius 1 is 1.17 bits per heavy atom. The van der Waals surface area contributed by atoms with E-state index < -0.39 is 5.60 Å². The first-order valence-electron chi connectivity index (χ1n) is 7.98. The fraction of sp³-hybridized carbons (Fsp3) is 0.250. The van der Waals surface area contributed by atoms with Gasteiger partial charge in [-0.1, -0.05) is 49.4 Å². The molecule has 23 heavy (non-hydrogen) atoms. The fourth-order valence-corrected chi connectivity index (χ4v) is 4.23. The van der Waals surface area contributed by atoms with Gasteiger partial charge in [0.15, 0.2) is 5.60 Å². The maximum absolute atomic E-state index is 12.3. The van der Waals surface area contributed by atoms with Crippen molar-refractivity contribution in [3.05, 3.63) is 64.9 Å². The lowest BCUT2D eigenvalue weighted by Crippen LogP contribution is -2.21. The molecule has 3 aromatic rings. The van der Waals surface area contributed by atoms with Crippen molar-refractivity contribution in [2.75, 3.05) is 0 Å². The van der Waals surface area contributed by atoms with Crippen molar-refractivity contribution in [1.82, 2.24) is 0 Å². The first-order valence-corrected chi connectivity index (χ1v) is 8.86. The van der Waals surface area contributed by atoms with Crippen molar-refractivity contribution in [2.45, 2.75) is 25.4 Å². The molecular formula is C20H18O2S. The van der Waals surface area contributed by atoms with Crippen LogP contribution in [0.25, 0.3) is 10.8 Å². The summed E-state index contributed by atoms with van der Waals surface area (Å²) in [6.45, 7) is 1.93. The lowest BCUT2D eigenvalue weighted by Gasteiger charge is -2.20. The fourth-order valence-electron chi connectivity index (χ4n) is 3.30. The van der Waals surface area contributed by atoms with Crippen molar-refractivity contribution in [2.24, 2.45) is 5.92 Å². The van der Waals surface area contributed by atoms with Gasteiger partial charge in [-0.3, -0.25) is 4.79 Å². The van der Waals surface area contributed by atoms with Crippen LogP contribution in [0.2, 0.25) is 0 Å². The molecule has 2 aromatic carbocycles. The number of ketones is 1. The minimum atomic E-state index is -0.467. The molecule has 0 spiro atoms. The molecule has 1 heterocycles. The van der Waals surface area contributed by atoms with Crippen LogP contribution in [0.15, 0.2) is 60.0 Å². The molecule has 1 aliphatic rings. The monoisotopic (exact) mass is 322 g/mol. The number of Topliss-reactive ketones (excluding diaryl/α,β-unsaturated/α-hetero) is 1. The number of rotatable bonds is 5. The standard InChI is InChI=1S/C20H18O2S/c1-2-17(21)16-13-20(16,19-11-6-12-23-19)22-18-10-5-8-14-7-3-4-9-15(14)18/h3-12,16H,2,13H2,1H3/t16-,20+/m0/s1. The number of carbonyl (C=O) groups excluding carboxylic acids is 1. The number of carbonyl (C=O) groups is 1. The number of thiophene rings is 1. The highest BCUT2D eigenvalue weighted by Gasteiger charge is 2.62. The molecule has 0 aliphatic heterocycles. The second-order valence-electron chi connectivity index (χ2n) is 6.02. The van der Waals surface area contributed by atoms with Gasteiger partial charge in [0.1, 0.15) is 11.5 Å². The Bertz CT molecular complexity index is 848. The second-order valence-corrected chi connectivity index (χ2v) is 6.97. The SMILES string of the molecule is CCC(=O)[C@@H]1C[C@]1(Oc1cccc2ccccc12)c1cccs1. The average molecular weight is 322 g/mol. The van der Waals surface area contributed by atoms with E-state index >= 15 is 0 Å². The maximum Gasteiger partial charge on any atom is 0.154 e. The van der Waals surface area contributed by atoms with Crippen molar-refractivity contribution >= 4 is 27.9 Å². The molecule has 0 bridgehead atoms. The van der Waals surface area contributed by atoms with Crippen molar-refractivity contribution in [3.8, 4) is 5.75 Å². The van der Waals surface area contributed by atoms with Crippen molar-refractivity contribution in [1.29, 1.82) is 0 Å². The first-order chi connectivity index (χ1) is 11.2. The molecule has 1 aliphatic carbocycles. The van der Waals surface area contributed by atoms with E-state index in [4.69, 9.17) is 4.74 Å². The van der Waals surface area contributed by atoms with E-state index in [9.17, 15) is 4.79 Å². The first kappa shape index (κ1) is 14.5. The van der Waals surface area contributed by atoms with Crippen LogP contribution in [-0.4, -0.2) is 5.78 Å². The van der Waals surface area contributed by atoms with Gasteiger partial charge in [-0.2, -0.15) is 0 Å². The zero-order chi connectivity index (χ0) is 15.9. The highest BCUT2D eigenvalue weighted by Crippen LogP contribution is 2.57. The van der Waals surface area contributed by atoms with Crippen LogP contribution in [0.3, 0.4) is 0 Å². The van der Waals surface area contributed by atoms with E-state index in [1.165, 1.54) is 0 Å². The van der Waals surface area contributed by atoms with Crippen LogP contribution in [0.1, 0.15) is 24.6 Å². The molecule has 2 nitrogen and oxygen atoms in total. The van der Waals surface area contributed by atoms with Gasteiger partial charge in [0.25, 0.3) is 0 Å². The third-order valence-corrected chi connectivity index (χ3v) is 5.66. The Balaban J connectivity index is 1.76. The third kappa shape index (κ3) is 2.36. The summed E-state index contributed by atoms with van der Waals surface area (Å²) in [5.41, 5.74) is -0.467. The van der Waals surface area contributed by atoms with E-state index in [0.717, 1.165) is 27.8 Å². The van der Waals surface area contributed by atoms with Gasteiger partial charge in [0.2, 0.25) is 0 Å².